The molecule has 1 aliphatic rings. The van der Waals surface area contributed by atoms with E-state index in [0.29, 0.717) is 0 Å². The van der Waals surface area contributed by atoms with Crippen LogP contribution in [0.25, 0.3) is 10.9 Å². The Morgan fingerprint density at radius 3 is 2.65 bits per heavy atom. The Morgan fingerprint density at radius 1 is 1.10 bits per heavy atom. The zero-order valence-electron chi connectivity index (χ0n) is 12.0. The first kappa shape index (κ1) is 13.2. The second-order valence-corrected chi connectivity index (χ2v) is 5.45. The Labute approximate surface area is 120 Å². The lowest BCUT2D eigenvalue weighted by molar-refractivity contribution is 0.258. The van der Waals surface area contributed by atoms with Gasteiger partial charge in [0, 0.05) is 37.3 Å². The molecule has 1 aromatic heterocycles. The summed E-state index contributed by atoms with van der Waals surface area (Å²) < 4.78 is 0. The maximum atomic E-state index is 5.80. The number of aromatic nitrogens is 1. The highest BCUT2D eigenvalue weighted by molar-refractivity contribution is 5.83. The summed E-state index contributed by atoms with van der Waals surface area (Å²) in [6.07, 6.45) is 1.23. The van der Waals surface area contributed by atoms with Crippen LogP contribution in [-0.2, 0) is 0 Å². The minimum absolute atomic E-state index is 0.792. The fourth-order valence-corrected chi connectivity index (χ4v) is 2.83. The Kier molecular flexibility index (Phi) is 3.74. The molecule has 0 bridgehead atoms. The molecule has 1 aliphatic heterocycles. The predicted molar refractivity (Wildman–Crippen MR) is 85.1 cm³/mol. The molecular formula is C16H22N4. The van der Waals surface area contributed by atoms with Gasteiger partial charge in [-0.1, -0.05) is 6.92 Å². The molecule has 0 spiro atoms. The van der Waals surface area contributed by atoms with E-state index in [9.17, 15) is 0 Å². The number of nitrogen functional groups attached to an aromatic ring is 1. The van der Waals surface area contributed by atoms with Gasteiger partial charge >= 0.3 is 0 Å². The van der Waals surface area contributed by atoms with Crippen LogP contribution < -0.4 is 10.6 Å². The van der Waals surface area contributed by atoms with E-state index in [2.05, 4.69) is 28.9 Å². The fraction of sp³-hybridized carbons (Fsp3) is 0.438. The number of benzene rings is 1. The summed E-state index contributed by atoms with van der Waals surface area (Å²) in [7, 11) is 0. The van der Waals surface area contributed by atoms with Crippen molar-refractivity contribution in [2.75, 3.05) is 43.4 Å². The summed E-state index contributed by atoms with van der Waals surface area (Å²) in [6, 6.07) is 10.1. The van der Waals surface area contributed by atoms with Crippen molar-refractivity contribution in [1.29, 1.82) is 0 Å². The molecule has 0 atom stereocenters. The van der Waals surface area contributed by atoms with Crippen LogP contribution in [0.4, 0.5) is 11.5 Å². The third kappa shape index (κ3) is 2.70. The molecule has 1 aromatic carbocycles. The highest BCUT2D eigenvalue weighted by Crippen LogP contribution is 2.21. The summed E-state index contributed by atoms with van der Waals surface area (Å²) >= 11 is 0. The Bertz CT molecular complexity index is 588. The lowest BCUT2D eigenvalue weighted by Crippen LogP contribution is -2.46. The molecule has 0 radical (unpaired) electrons. The number of pyridine rings is 1. The van der Waals surface area contributed by atoms with Crippen LogP contribution >= 0.6 is 0 Å². The average Bonchev–Trinajstić information content (AvgIpc) is 2.48. The lowest BCUT2D eigenvalue weighted by atomic mass is 10.2. The van der Waals surface area contributed by atoms with Crippen molar-refractivity contribution in [1.82, 2.24) is 9.88 Å². The predicted octanol–water partition coefficient (Wildman–Crippen LogP) is 2.35. The van der Waals surface area contributed by atoms with Crippen molar-refractivity contribution in [3.8, 4) is 0 Å². The SMILES string of the molecule is CCCN1CCN(c2ccc3cc(N)ccc3n2)CC1. The van der Waals surface area contributed by atoms with E-state index in [1.807, 2.05) is 18.2 Å². The monoisotopic (exact) mass is 270 g/mol. The van der Waals surface area contributed by atoms with Crippen LogP contribution in [-0.4, -0.2) is 42.6 Å². The zero-order chi connectivity index (χ0) is 13.9. The van der Waals surface area contributed by atoms with Crippen molar-refractivity contribution >= 4 is 22.4 Å². The van der Waals surface area contributed by atoms with Crippen LogP contribution in [0.3, 0.4) is 0 Å². The first-order valence-electron chi connectivity index (χ1n) is 7.40. The van der Waals surface area contributed by atoms with Gasteiger partial charge in [-0.3, -0.25) is 4.90 Å². The molecule has 0 saturated carbocycles. The van der Waals surface area contributed by atoms with Crippen molar-refractivity contribution in [2.45, 2.75) is 13.3 Å². The largest absolute Gasteiger partial charge is 0.399 e. The van der Waals surface area contributed by atoms with E-state index in [1.54, 1.807) is 0 Å². The zero-order valence-corrected chi connectivity index (χ0v) is 12.0. The second kappa shape index (κ2) is 5.67. The normalized spacial score (nSPS) is 16.8. The van der Waals surface area contributed by atoms with Gasteiger partial charge in [-0.15, -0.1) is 0 Å². The molecule has 3 rings (SSSR count). The van der Waals surface area contributed by atoms with Crippen LogP contribution in [0.1, 0.15) is 13.3 Å². The number of hydrogen-bond donors (Lipinski definition) is 1. The Morgan fingerprint density at radius 2 is 1.90 bits per heavy atom. The molecule has 2 N–H and O–H groups in total. The minimum Gasteiger partial charge on any atom is -0.399 e. The topological polar surface area (TPSA) is 45.4 Å². The third-order valence-corrected chi connectivity index (χ3v) is 3.93. The van der Waals surface area contributed by atoms with Crippen molar-refractivity contribution in [2.24, 2.45) is 0 Å². The number of piperazine rings is 1. The lowest BCUT2D eigenvalue weighted by Gasteiger charge is -2.35. The van der Waals surface area contributed by atoms with Crippen LogP contribution in [0, 0.1) is 0 Å². The Balaban J connectivity index is 1.76. The molecule has 0 aliphatic carbocycles. The molecule has 1 fully saturated rings. The molecule has 4 heteroatoms. The molecule has 1 saturated heterocycles. The van der Waals surface area contributed by atoms with Crippen molar-refractivity contribution in [3.63, 3.8) is 0 Å². The number of nitrogens with zero attached hydrogens (tertiary/aromatic N) is 3. The summed E-state index contributed by atoms with van der Waals surface area (Å²) in [5, 5.41) is 1.11. The standard InChI is InChI=1S/C16H22N4/c1-2-7-19-8-10-20(11-9-19)16-6-3-13-12-14(17)4-5-15(13)18-16/h3-6,12H,2,7-11,17H2,1H3. The van der Waals surface area contributed by atoms with Crippen LogP contribution in [0.2, 0.25) is 0 Å². The number of rotatable bonds is 3. The molecule has 106 valence electrons. The minimum atomic E-state index is 0.792. The summed E-state index contributed by atoms with van der Waals surface area (Å²) in [6.45, 7) is 7.84. The van der Waals surface area contributed by atoms with E-state index in [1.165, 1.54) is 13.0 Å². The molecule has 2 heterocycles. The molecule has 20 heavy (non-hydrogen) atoms. The average molecular weight is 270 g/mol. The van der Waals surface area contributed by atoms with Crippen molar-refractivity contribution in [3.05, 3.63) is 30.3 Å². The number of fused-ring (bicyclic) bond motifs is 1. The maximum absolute atomic E-state index is 5.80. The summed E-state index contributed by atoms with van der Waals surface area (Å²) in [5.74, 6) is 1.08. The maximum Gasteiger partial charge on any atom is 0.129 e. The van der Waals surface area contributed by atoms with Crippen LogP contribution in [0.15, 0.2) is 30.3 Å². The highest BCUT2D eigenvalue weighted by Gasteiger charge is 2.17. The van der Waals surface area contributed by atoms with Gasteiger partial charge in [-0.25, -0.2) is 4.98 Å². The van der Waals surface area contributed by atoms with Crippen molar-refractivity contribution < 1.29 is 0 Å². The molecule has 2 aromatic rings. The summed E-state index contributed by atoms with van der Waals surface area (Å²) in [4.78, 5) is 9.67. The molecule has 0 unspecified atom stereocenters. The van der Waals surface area contributed by atoms with Gasteiger partial charge in [-0.05, 0) is 43.3 Å². The molecule has 4 nitrogen and oxygen atoms in total. The van der Waals surface area contributed by atoms with Gasteiger partial charge in [0.15, 0.2) is 0 Å². The van der Waals surface area contributed by atoms with Gasteiger partial charge in [-0.2, -0.15) is 0 Å². The van der Waals surface area contributed by atoms with Crippen LogP contribution in [0.5, 0.6) is 0 Å². The summed E-state index contributed by atoms with van der Waals surface area (Å²) in [5.41, 5.74) is 7.62. The smallest absolute Gasteiger partial charge is 0.129 e. The first-order chi connectivity index (χ1) is 9.76. The van der Waals surface area contributed by atoms with Gasteiger partial charge < -0.3 is 10.6 Å². The van der Waals surface area contributed by atoms with E-state index < -0.39 is 0 Å². The van der Waals surface area contributed by atoms with E-state index in [4.69, 9.17) is 10.7 Å². The quantitative estimate of drug-likeness (QED) is 0.870. The van der Waals surface area contributed by atoms with E-state index >= 15 is 0 Å². The number of hydrogen-bond acceptors (Lipinski definition) is 4. The third-order valence-electron chi connectivity index (χ3n) is 3.93. The Hall–Kier alpha value is -1.81. The van der Waals surface area contributed by atoms with E-state index in [-0.39, 0.29) is 0 Å². The molecular weight excluding hydrogens is 248 g/mol. The molecule has 0 amide bonds. The van der Waals surface area contributed by atoms with Gasteiger partial charge in [0.1, 0.15) is 5.82 Å². The van der Waals surface area contributed by atoms with Gasteiger partial charge in [0.05, 0.1) is 5.52 Å². The number of anilines is 2. The fourth-order valence-electron chi connectivity index (χ4n) is 2.83. The van der Waals surface area contributed by atoms with Gasteiger partial charge in [0.25, 0.3) is 0 Å². The second-order valence-electron chi connectivity index (χ2n) is 5.45. The van der Waals surface area contributed by atoms with Gasteiger partial charge in [0.2, 0.25) is 0 Å². The first-order valence-corrected chi connectivity index (χ1v) is 7.40. The number of nitrogens with two attached hydrogens (primary N) is 1. The highest BCUT2D eigenvalue weighted by atomic mass is 15.3. The van der Waals surface area contributed by atoms with E-state index in [0.717, 1.165) is 48.6 Å².